The molecule has 1 aliphatic heterocycles. The van der Waals surface area contributed by atoms with Crippen LogP contribution in [0.2, 0.25) is 0 Å². The van der Waals surface area contributed by atoms with Crippen molar-refractivity contribution < 1.29 is 17.6 Å². The van der Waals surface area contributed by atoms with E-state index < -0.39 is 12.0 Å². The molecule has 0 atom stereocenters. The highest BCUT2D eigenvalue weighted by Gasteiger charge is 2.35. The van der Waals surface area contributed by atoms with Gasteiger partial charge in [0, 0.05) is 31.3 Å². The zero-order valence-corrected chi connectivity index (χ0v) is 13.0. The van der Waals surface area contributed by atoms with Crippen LogP contribution >= 0.6 is 22.6 Å². The number of fused-ring (bicyclic) bond motifs is 1. The molecule has 1 aliphatic rings. The number of hydrogen-bond acceptors (Lipinski definition) is 4. The lowest BCUT2D eigenvalue weighted by Crippen LogP contribution is -2.31. The summed E-state index contributed by atoms with van der Waals surface area (Å²) in [6, 6.07) is 3.78. The van der Waals surface area contributed by atoms with Crippen LogP contribution in [0, 0.1) is 3.77 Å². The fraction of sp³-hybridized carbons (Fsp3) is 0.385. The second kappa shape index (κ2) is 5.56. The van der Waals surface area contributed by atoms with E-state index in [1.807, 2.05) is 12.1 Å². The molecule has 0 unspecified atom stereocenters. The standard InChI is InChI=1S/C13H11F3IN3O/c14-13(15,16)12-18-5-8-6-20(4-3-10(8)19-12)7-9-1-2-11(17)21-9/h1-2,5H,3-4,6-7H2. The molecule has 0 aromatic carbocycles. The fourth-order valence-corrected chi connectivity index (χ4v) is 2.77. The summed E-state index contributed by atoms with van der Waals surface area (Å²) in [6.07, 6.45) is -2.72. The molecular weight excluding hydrogens is 398 g/mol. The molecule has 0 radical (unpaired) electrons. The third-order valence-electron chi connectivity index (χ3n) is 3.27. The molecule has 4 nitrogen and oxygen atoms in total. The molecule has 0 aliphatic carbocycles. The SMILES string of the molecule is FC(F)(F)c1ncc2c(n1)CCN(Cc1ccc(I)o1)C2. The van der Waals surface area contributed by atoms with Crippen LogP contribution in [0.4, 0.5) is 13.2 Å². The maximum atomic E-state index is 12.6. The molecule has 0 saturated carbocycles. The van der Waals surface area contributed by atoms with E-state index in [-0.39, 0.29) is 0 Å². The van der Waals surface area contributed by atoms with Crippen LogP contribution < -0.4 is 0 Å². The Balaban J connectivity index is 1.74. The average Bonchev–Trinajstić information content (AvgIpc) is 2.82. The average molecular weight is 409 g/mol. The zero-order chi connectivity index (χ0) is 15.0. The van der Waals surface area contributed by atoms with E-state index in [0.29, 0.717) is 31.7 Å². The quantitative estimate of drug-likeness (QED) is 0.715. The van der Waals surface area contributed by atoms with Gasteiger partial charge in [-0.25, -0.2) is 9.97 Å². The number of rotatable bonds is 2. The van der Waals surface area contributed by atoms with Gasteiger partial charge in [0.15, 0.2) is 3.77 Å². The first-order valence-electron chi connectivity index (χ1n) is 6.30. The lowest BCUT2D eigenvalue weighted by atomic mass is 10.1. The monoisotopic (exact) mass is 409 g/mol. The number of hydrogen-bond donors (Lipinski definition) is 0. The van der Waals surface area contributed by atoms with Gasteiger partial charge in [0.1, 0.15) is 5.76 Å². The molecule has 0 saturated heterocycles. The number of halogens is 4. The molecule has 0 bridgehead atoms. The van der Waals surface area contributed by atoms with E-state index in [1.54, 1.807) is 0 Å². The Morgan fingerprint density at radius 2 is 2.14 bits per heavy atom. The van der Waals surface area contributed by atoms with Gasteiger partial charge >= 0.3 is 6.18 Å². The van der Waals surface area contributed by atoms with Crippen LogP contribution in [0.1, 0.15) is 22.8 Å². The first-order valence-corrected chi connectivity index (χ1v) is 7.38. The molecule has 2 aromatic rings. The van der Waals surface area contributed by atoms with Crippen molar-refractivity contribution in [3.8, 4) is 0 Å². The highest BCUT2D eigenvalue weighted by Crippen LogP contribution is 2.28. The van der Waals surface area contributed by atoms with Crippen LogP contribution in [-0.2, 0) is 25.7 Å². The van der Waals surface area contributed by atoms with Crippen molar-refractivity contribution in [2.75, 3.05) is 6.54 Å². The lowest BCUT2D eigenvalue weighted by Gasteiger charge is -2.27. The summed E-state index contributed by atoms with van der Waals surface area (Å²) in [6.45, 7) is 1.81. The number of aromatic nitrogens is 2. The summed E-state index contributed by atoms with van der Waals surface area (Å²) in [7, 11) is 0. The summed E-state index contributed by atoms with van der Waals surface area (Å²) in [4.78, 5) is 9.17. The van der Waals surface area contributed by atoms with E-state index in [0.717, 1.165) is 15.1 Å². The van der Waals surface area contributed by atoms with Crippen molar-refractivity contribution in [2.24, 2.45) is 0 Å². The largest absolute Gasteiger partial charge is 0.454 e. The van der Waals surface area contributed by atoms with Crippen LogP contribution in [0.3, 0.4) is 0 Å². The van der Waals surface area contributed by atoms with Gasteiger partial charge in [-0.3, -0.25) is 4.90 Å². The van der Waals surface area contributed by atoms with Crippen molar-refractivity contribution in [3.63, 3.8) is 0 Å². The molecule has 0 amide bonds. The Kier molecular flexibility index (Phi) is 3.91. The molecule has 0 fully saturated rings. The summed E-state index contributed by atoms with van der Waals surface area (Å²) < 4.78 is 44.0. The van der Waals surface area contributed by atoms with Crippen molar-refractivity contribution in [3.05, 3.63) is 44.9 Å². The van der Waals surface area contributed by atoms with Crippen molar-refractivity contribution in [1.29, 1.82) is 0 Å². The van der Waals surface area contributed by atoms with E-state index >= 15 is 0 Å². The van der Waals surface area contributed by atoms with E-state index in [9.17, 15) is 13.2 Å². The van der Waals surface area contributed by atoms with Gasteiger partial charge in [0.25, 0.3) is 0 Å². The topological polar surface area (TPSA) is 42.2 Å². The minimum atomic E-state index is -4.49. The molecule has 3 rings (SSSR count). The maximum absolute atomic E-state index is 12.6. The van der Waals surface area contributed by atoms with Gasteiger partial charge in [0.2, 0.25) is 5.82 Å². The normalized spacial score (nSPS) is 16.0. The minimum absolute atomic E-state index is 0.485. The van der Waals surface area contributed by atoms with Crippen LogP contribution in [-0.4, -0.2) is 21.4 Å². The molecule has 21 heavy (non-hydrogen) atoms. The fourth-order valence-electron chi connectivity index (χ4n) is 2.30. The van der Waals surface area contributed by atoms with Gasteiger partial charge in [-0.15, -0.1) is 0 Å². The summed E-state index contributed by atoms with van der Waals surface area (Å²) >= 11 is 2.09. The van der Waals surface area contributed by atoms with Crippen LogP contribution in [0.5, 0.6) is 0 Å². The summed E-state index contributed by atoms with van der Waals surface area (Å²) in [5, 5.41) is 0. The van der Waals surface area contributed by atoms with Crippen molar-refractivity contribution >= 4 is 22.6 Å². The van der Waals surface area contributed by atoms with Crippen molar-refractivity contribution in [1.82, 2.24) is 14.9 Å². The minimum Gasteiger partial charge on any atom is -0.454 e. The molecular formula is C13H11F3IN3O. The Morgan fingerprint density at radius 1 is 1.33 bits per heavy atom. The van der Waals surface area contributed by atoms with Crippen LogP contribution in [0.15, 0.2) is 22.7 Å². The van der Waals surface area contributed by atoms with Gasteiger partial charge in [-0.1, -0.05) is 0 Å². The number of furan rings is 1. The number of alkyl halides is 3. The molecule has 8 heteroatoms. The van der Waals surface area contributed by atoms with E-state index in [2.05, 4.69) is 37.5 Å². The predicted molar refractivity (Wildman–Crippen MR) is 76.3 cm³/mol. The van der Waals surface area contributed by atoms with E-state index in [4.69, 9.17) is 4.42 Å². The van der Waals surface area contributed by atoms with Gasteiger partial charge in [-0.2, -0.15) is 13.2 Å². The van der Waals surface area contributed by atoms with E-state index in [1.165, 1.54) is 6.20 Å². The highest BCUT2D eigenvalue weighted by atomic mass is 127. The Bertz CT molecular complexity index is 656. The summed E-state index contributed by atoms with van der Waals surface area (Å²) in [5.74, 6) is -0.217. The maximum Gasteiger partial charge on any atom is 0.451 e. The highest BCUT2D eigenvalue weighted by molar-refractivity contribution is 14.1. The first kappa shape index (κ1) is 14.8. The Hall–Kier alpha value is -1.16. The zero-order valence-electron chi connectivity index (χ0n) is 10.8. The second-order valence-electron chi connectivity index (χ2n) is 4.83. The molecule has 0 spiro atoms. The van der Waals surface area contributed by atoms with Gasteiger partial charge < -0.3 is 4.42 Å². The number of nitrogens with zero attached hydrogens (tertiary/aromatic N) is 3. The first-order chi connectivity index (χ1) is 9.91. The smallest absolute Gasteiger partial charge is 0.451 e. The van der Waals surface area contributed by atoms with Crippen LogP contribution in [0.25, 0.3) is 0 Å². The predicted octanol–water partition coefficient (Wildman–Crippen LogP) is 3.25. The molecule has 0 N–H and O–H groups in total. The third kappa shape index (κ3) is 3.37. The Labute approximate surface area is 132 Å². The third-order valence-corrected chi connectivity index (χ3v) is 3.85. The van der Waals surface area contributed by atoms with Crippen molar-refractivity contribution in [2.45, 2.75) is 25.7 Å². The second-order valence-corrected chi connectivity index (χ2v) is 5.89. The van der Waals surface area contributed by atoms with Gasteiger partial charge in [0.05, 0.1) is 12.2 Å². The molecule has 112 valence electrons. The van der Waals surface area contributed by atoms with Gasteiger partial charge in [-0.05, 0) is 34.7 Å². The Morgan fingerprint density at radius 3 is 2.81 bits per heavy atom. The molecule has 2 aromatic heterocycles. The lowest BCUT2D eigenvalue weighted by molar-refractivity contribution is -0.145. The summed E-state index contributed by atoms with van der Waals surface area (Å²) in [5.41, 5.74) is 1.23. The molecule has 3 heterocycles.